The molecule has 0 aliphatic carbocycles. The van der Waals surface area contributed by atoms with Crippen LogP contribution >= 0.6 is 11.6 Å². The first-order chi connectivity index (χ1) is 9.19. The van der Waals surface area contributed by atoms with Crippen molar-refractivity contribution in [3.63, 3.8) is 0 Å². The van der Waals surface area contributed by atoms with Gasteiger partial charge >= 0.3 is 0 Å². The second-order valence-corrected chi connectivity index (χ2v) is 4.73. The number of rotatable bonds is 5. The van der Waals surface area contributed by atoms with Gasteiger partial charge in [0.2, 0.25) is 0 Å². The minimum atomic E-state index is 0.0903. The van der Waals surface area contributed by atoms with E-state index in [1.165, 1.54) is 0 Å². The highest BCUT2D eigenvalue weighted by molar-refractivity contribution is 6.30. The van der Waals surface area contributed by atoms with E-state index in [2.05, 4.69) is 0 Å². The molecule has 2 aromatic carbocycles. The average Bonchev–Trinajstić information content (AvgIpc) is 2.42. The quantitative estimate of drug-likeness (QED) is 0.883. The molecule has 0 radical (unpaired) electrons. The van der Waals surface area contributed by atoms with E-state index in [1.807, 2.05) is 24.3 Å². The van der Waals surface area contributed by atoms with E-state index in [9.17, 15) is 5.11 Å². The Morgan fingerprint density at radius 3 is 2.53 bits per heavy atom. The van der Waals surface area contributed by atoms with Gasteiger partial charge in [0.1, 0.15) is 11.5 Å². The molecule has 3 N–H and O–H groups in total. The lowest BCUT2D eigenvalue weighted by Gasteiger charge is -2.16. The highest BCUT2D eigenvalue weighted by Crippen LogP contribution is 2.21. The third-order valence-electron chi connectivity index (χ3n) is 2.89. The lowest BCUT2D eigenvalue weighted by atomic mass is 10.0. The second kappa shape index (κ2) is 6.45. The van der Waals surface area contributed by atoms with Gasteiger partial charge in [-0.25, -0.2) is 0 Å². The fourth-order valence-corrected chi connectivity index (χ4v) is 2.00. The molecule has 1 atom stereocenters. The van der Waals surface area contributed by atoms with E-state index >= 15 is 0 Å². The van der Waals surface area contributed by atoms with E-state index in [4.69, 9.17) is 22.1 Å². The normalized spacial score (nSPS) is 12.1. The second-order valence-electron chi connectivity index (χ2n) is 4.29. The van der Waals surface area contributed by atoms with E-state index < -0.39 is 0 Å². The van der Waals surface area contributed by atoms with Gasteiger partial charge in [-0.3, -0.25) is 0 Å². The first kappa shape index (κ1) is 13.7. The standard InChI is InChI=1S/C15H16ClNO2/c16-13-3-1-2-11(8-13)12(9-17)10-19-15-6-4-14(18)5-7-15/h1-8,12,18H,9-10,17H2. The van der Waals surface area contributed by atoms with Crippen molar-refractivity contribution in [2.45, 2.75) is 5.92 Å². The van der Waals surface area contributed by atoms with E-state index in [1.54, 1.807) is 24.3 Å². The molecule has 1 unspecified atom stereocenters. The maximum atomic E-state index is 9.20. The Hall–Kier alpha value is -1.71. The van der Waals surface area contributed by atoms with Crippen LogP contribution in [-0.4, -0.2) is 18.3 Å². The predicted octanol–water partition coefficient (Wildman–Crippen LogP) is 3.17. The molecule has 2 aromatic rings. The number of ether oxygens (including phenoxy) is 1. The van der Waals surface area contributed by atoms with E-state index in [0.29, 0.717) is 23.9 Å². The molecule has 0 aromatic heterocycles. The van der Waals surface area contributed by atoms with Crippen molar-refractivity contribution in [3.8, 4) is 11.5 Å². The number of hydrogen-bond donors (Lipinski definition) is 2. The molecular formula is C15H16ClNO2. The topological polar surface area (TPSA) is 55.5 Å². The van der Waals surface area contributed by atoms with Crippen LogP contribution in [0, 0.1) is 0 Å². The number of benzene rings is 2. The van der Waals surface area contributed by atoms with Gasteiger partial charge in [-0.2, -0.15) is 0 Å². The van der Waals surface area contributed by atoms with Gasteiger partial charge in [-0.05, 0) is 42.0 Å². The van der Waals surface area contributed by atoms with Crippen LogP contribution < -0.4 is 10.5 Å². The fraction of sp³-hybridized carbons (Fsp3) is 0.200. The summed E-state index contributed by atoms with van der Waals surface area (Å²) in [5, 5.41) is 9.89. The van der Waals surface area contributed by atoms with Crippen LogP contribution in [0.4, 0.5) is 0 Å². The Kier molecular flexibility index (Phi) is 4.66. The van der Waals surface area contributed by atoms with Crippen LogP contribution in [0.5, 0.6) is 11.5 Å². The van der Waals surface area contributed by atoms with Crippen molar-refractivity contribution in [3.05, 3.63) is 59.1 Å². The number of phenols is 1. The summed E-state index contributed by atoms with van der Waals surface area (Å²) in [4.78, 5) is 0. The van der Waals surface area contributed by atoms with Gasteiger partial charge in [-0.15, -0.1) is 0 Å². The van der Waals surface area contributed by atoms with Crippen LogP contribution in [0.15, 0.2) is 48.5 Å². The molecule has 0 aliphatic heterocycles. The van der Waals surface area contributed by atoms with Crippen molar-refractivity contribution in [1.29, 1.82) is 0 Å². The Labute approximate surface area is 117 Å². The largest absolute Gasteiger partial charge is 0.508 e. The van der Waals surface area contributed by atoms with Crippen molar-refractivity contribution in [2.75, 3.05) is 13.2 Å². The maximum absolute atomic E-state index is 9.20. The van der Waals surface area contributed by atoms with Crippen LogP contribution in [0.2, 0.25) is 5.02 Å². The summed E-state index contributed by atoms with van der Waals surface area (Å²) in [5.41, 5.74) is 6.84. The average molecular weight is 278 g/mol. The number of aromatic hydroxyl groups is 1. The minimum Gasteiger partial charge on any atom is -0.508 e. The van der Waals surface area contributed by atoms with Crippen LogP contribution in [-0.2, 0) is 0 Å². The van der Waals surface area contributed by atoms with Gasteiger partial charge < -0.3 is 15.6 Å². The smallest absolute Gasteiger partial charge is 0.119 e. The maximum Gasteiger partial charge on any atom is 0.119 e. The van der Waals surface area contributed by atoms with Crippen molar-refractivity contribution in [2.24, 2.45) is 5.73 Å². The lowest BCUT2D eigenvalue weighted by molar-refractivity contribution is 0.290. The number of hydrogen-bond acceptors (Lipinski definition) is 3. The van der Waals surface area contributed by atoms with Crippen LogP contribution in [0.25, 0.3) is 0 Å². The molecule has 0 aliphatic rings. The van der Waals surface area contributed by atoms with Crippen molar-refractivity contribution < 1.29 is 9.84 Å². The van der Waals surface area contributed by atoms with E-state index in [-0.39, 0.29) is 11.7 Å². The molecule has 0 bridgehead atoms. The van der Waals surface area contributed by atoms with Gasteiger partial charge in [0, 0.05) is 17.5 Å². The third kappa shape index (κ3) is 3.88. The summed E-state index contributed by atoms with van der Waals surface area (Å²) in [6.45, 7) is 0.958. The van der Waals surface area contributed by atoms with Gasteiger partial charge in [0.05, 0.1) is 6.61 Å². The predicted molar refractivity (Wildman–Crippen MR) is 76.8 cm³/mol. The molecule has 4 heteroatoms. The van der Waals surface area contributed by atoms with Crippen molar-refractivity contribution in [1.82, 2.24) is 0 Å². The number of halogens is 1. The molecule has 0 fully saturated rings. The summed E-state index contributed by atoms with van der Waals surface area (Å²) >= 11 is 5.97. The SMILES string of the molecule is NCC(COc1ccc(O)cc1)c1cccc(Cl)c1. The molecule has 3 nitrogen and oxygen atoms in total. The lowest BCUT2D eigenvalue weighted by Crippen LogP contribution is -2.19. The summed E-state index contributed by atoms with van der Waals surface area (Å²) < 4.78 is 5.67. The molecule has 100 valence electrons. The molecular weight excluding hydrogens is 262 g/mol. The summed E-state index contributed by atoms with van der Waals surface area (Å²) in [6, 6.07) is 14.3. The van der Waals surface area contributed by atoms with Crippen LogP contribution in [0.3, 0.4) is 0 Å². The third-order valence-corrected chi connectivity index (χ3v) is 3.13. The summed E-state index contributed by atoms with van der Waals surface area (Å²) in [7, 11) is 0. The molecule has 0 amide bonds. The minimum absolute atomic E-state index is 0.0903. The Morgan fingerprint density at radius 1 is 1.16 bits per heavy atom. The zero-order valence-corrected chi connectivity index (χ0v) is 11.2. The molecule has 0 saturated carbocycles. The zero-order chi connectivity index (χ0) is 13.7. The molecule has 0 saturated heterocycles. The number of nitrogens with two attached hydrogens (primary N) is 1. The Bertz CT molecular complexity index is 528. The summed E-state index contributed by atoms with van der Waals surface area (Å²) in [6.07, 6.45) is 0. The fourth-order valence-electron chi connectivity index (χ4n) is 1.80. The van der Waals surface area contributed by atoms with E-state index in [0.717, 1.165) is 5.56 Å². The highest BCUT2D eigenvalue weighted by Gasteiger charge is 2.11. The van der Waals surface area contributed by atoms with Crippen LogP contribution in [0.1, 0.15) is 11.5 Å². The molecule has 0 heterocycles. The first-order valence-corrected chi connectivity index (χ1v) is 6.44. The van der Waals surface area contributed by atoms with Gasteiger partial charge in [0.25, 0.3) is 0 Å². The van der Waals surface area contributed by atoms with Crippen molar-refractivity contribution >= 4 is 11.6 Å². The molecule has 2 rings (SSSR count). The van der Waals surface area contributed by atoms with Gasteiger partial charge in [-0.1, -0.05) is 23.7 Å². The first-order valence-electron chi connectivity index (χ1n) is 6.06. The zero-order valence-electron chi connectivity index (χ0n) is 10.4. The monoisotopic (exact) mass is 277 g/mol. The molecule has 0 spiro atoms. The highest BCUT2D eigenvalue weighted by atomic mass is 35.5. The Balaban J connectivity index is 2.01. The number of phenolic OH excluding ortho intramolecular Hbond substituents is 1. The van der Waals surface area contributed by atoms with Gasteiger partial charge in [0.15, 0.2) is 0 Å². The molecule has 19 heavy (non-hydrogen) atoms. The summed E-state index contributed by atoms with van der Waals surface area (Å²) in [5.74, 6) is 1.02. The Morgan fingerprint density at radius 2 is 1.89 bits per heavy atom.